The summed E-state index contributed by atoms with van der Waals surface area (Å²) in [6.07, 6.45) is 8.88. The average Bonchev–Trinajstić information content (AvgIpc) is 3.05. The quantitative estimate of drug-likeness (QED) is 0.713. The molecule has 1 aromatic rings. The highest BCUT2D eigenvalue weighted by atomic mass is 35.5. The van der Waals surface area contributed by atoms with Crippen molar-refractivity contribution >= 4 is 41.5 Å². The van der Waals surface area contributed by atoms with E-state index >= 15 is 0 Å². The van der Waals surface area contributed by atoms with E-state index in [9.17, 15) is 9.59 Å². The van der Waals surface area contributed by atoms with Crippen LogP contribution in [0.15, 0.2) is 18.2 Å². The molecule has 0 saturated heterocycles. The summed E-state index contributed by atoms with van der Waals surface area (Å²) in [5.74, 6) is -0.373. The molecule has 0 heterocycles. The van der Waals surface area contributed by atoms with Gasteiger partial charge in [-0.15, -0.1) is 12.4 Å². The van der Waals surface area contributed by atoms with Crippen molar-refractivity contribution in [1.29, 1.82) is 0 Å². The smallest absolute Gasteiger partial charge is 0.253 e. The van der Waals surface area contributed by atoms with Crippen LogP contribution in [0.4, 0.5) is 5.69 Å². The van der Waals surface area contributed by atoms with Gasteiger partial charge in [0, 0.05) is 11.7 Å². The Morgan fingerprint density at radius 1 is 1.08 bits per heavy atom. The molecule has 2 aliphatic carbocycles. The number of carbonyl (C=O) groups excluding carboxylic acids is 2. The Labute approximate surface area is 165 Å². The van der Waals surface area contributed by atoms with Gasteiger partial charge in [0.05, 0.1) is 16.1 Å². The topological polar surface area (TPSA) is 84.2 Å². The second-order valence-electron chi connectivity index (χ2n) is 7.32. The van der Waals surface area contributed by atoms with Gasteiger partial charge in [-0.25, -0.2) is 0 Å². The maximum atomic E-state index is 12.6. The van der Waals surface area contributed by atoms with Crippen molar-refractivity contribution in [3.8, 4) is 0 Å². The van der Waals surface area contributed by atoms with E-state index in [2.05, 4.69) is 10.6 Å². The second-order valence-corrected chi connectivity index (χ2v) is 7.73. The molecule has 0 radical (unpaired) electrons. The molecular weight excluding hydrogens is 373 g/mol. The van der Waals surface area contributed by atoms with Crippen molar-refractivity contribution in [3.05, 3.63) is 28.8 Å². The summed E-state index contributed by atoms with van der Waals surface area (Å²) in [6, 6.07) is 5.19. The Bertz CT molecular complexity index is 654. The number of anilines is 1. The normalized spacial score (nSPS) is 19.5. The third kappa shape index (κ3) is 4.90. The van der Waals surface area contributed by atoms with Crippen LogP contribution >= 0.6 is 24.0 Å². The van der Waals surface area contributed by atoms with E-state index in [0.29, 0.717) is 29.1 Å². The number of benzene rings is 1. The Hall–Kier alpha value is -1.30. The standard InChI is InChI=1S/C19H26ClN3O2.ClH/c20-16-9-8-14(23-18(25)19(21)10-4-5-11-19)12-15(16)17(24)22-13-6-2-1-3-7-13;/h8-9,12-13H,1-7,10-11,21H2,(H,22,24)(H,23,25);1H. The van der Waals surface area contributed by atoms with Crippen LogP contribution in [-0.4, -0.2) is 23.4 Å². The first kappa shape index (κ1) is 21.0. The zero-order chi connectivity index (χ0) is 17.9. The molecule has 0 atom stereocenters. The summed E-state index contributed by atoms with van der Waals surface area (Å²) < 4.78 is 0. The fraction of sp³-hybridized carbons (Fsp3) is 0.579. The molecule has 1 aromatic carbocycles. The first-order valence-electron chi connectivity index (χ1n) is 9.19. The van der Waals surface area contributed by atoms with Gasteiger partial charge in [0.1, 0.15) is 0 Å². The third-order valence-corrected chi connectivity index (χ3v) is 5.69. The number of rotatable bonds is 4. The van der Waals surface area contributed by atoms with Crippen molar-refractivity contribution in [2.75, 3.05) is 5.32 Å². The van der Waals surface area contributed by atoms with Crippen LogP contribution in [0, 0.1) is 0 Å². The molecule has 2 fully saturated rings. The SMILES string of the molecule is Cl.NC1(C(=O)Nc2ccc(Cl)c(C(=O)NC3CCCCC3)c2)CCCC1. The van der Waals surface area contributed by atoms with E-state index < -0.39 is 5.54 Å². The lowest BCUT2D eigenvalue weighted by atomic mass is 9.95. The van der Waals surface area contributed by atoms with Gasteiger partial charge in [0.25, 0.3) is 5.91 Å². The van der Waals surface area contributed by atoms with Crippen LogP contribution in [0.5, 0.6) is 0 Å². The van der Waals surface area contributed by atoms with Gasteiger partial charge in [0.2, 0.25) is 5.91 Å². The molecule has 2 saturated carbocycles. The van der Waals surface area contributed by atoms with Gasteiger partial charge in [0.15, 0.2) is 0 Å². The van der Waals surface area contributed by atoms with Crippen LogP contribution in [0.25, 0.3) is 0 Å². The minimum atomic E-state index is -0.801. The van der Waals surface area contributed by atoms with Crippen LogP contribution in [0.1, 0.15) is 68.1 Å². The fourth-order valence-electron chi connectivity index (χ4n) is 3.78. The summed E-state index contributed by atoms with van der Waals surface area (Å²) in [6.45, 7) is 0. The van der Waals surface area contributed by atoms with Crippen molar-refractivity contribution in [3.63, 3.8) is 0 Å². The zero-order valence-electron chi connectivity index (χ0n) is 14.9. The number of halogens is 2. The Balaban J connectivity index is 0.00000243. The van der Waals surface area contributed by atoms with E-state index in [1.54, 1.807) is 18.2 Å². The van der Waals surface area contributed by atoms with Gasteiger partial charge in [-0.05, 0) is 43.9 Å². The highest BCUT2D eigenvalue weighted by Gasteiger charge is 2.37. The Kier molecular flexibility index (Phi) is 7.33. The molecule has 144 valence electrons. The lowest BCUT2D eigenvalue weighted by Gasteiger charge is -2.24. The molecular formula is C19H27Cl2N3O2. The van der Waals surface area contributed by atoms with Crippen LogP contribution in [0.2, 0.25) is 5.02 Å². The maximum absolute atomic E-state index is 12.6. The second kappa shape index (κ2) is 9.07. The molecule has 2 aliphatic rings. The summed E-state index contributed by atoms with van der Waals surface area (Å²) in [5, 5.41) is 6.29. The van der Waals surface area contributed by atoms with Crippen LogP contribution in [0.3, 0.4) is 0 Å². The zero-order valence-corrected chi connectivity index (χ0v) is 16.4. The molecule has 4 N–H and O–H groups in total. The van der Waals surface area contributed by atoms with E-state index in [1.807, 2.05) is 0 Å². The highest BCUT2D eigenvalue weighted by molar-refractivity contribution is 6.34. The number of amides is 2. The van der Waals surface area contributed by atoms with E-state index in [-0.39, 0.29) is 30.3 Å². The first-order chi connectivity index (χ1) is 12.0. The number of nitrogens with one attached hydrogen (secondary N) is 2. The molecule has 0 aromatic heterocycles. The van der Waals surface area contributed by atoms with Gasteiger partial charge in [-0.2, -0.15) is 0 Å². The molecule has 5 nitrogen and oxygen atoms in total. The van der Waals surface area contributed by atoms with Crippen LogP contribution in [-0.2, 0) is 4.79 Å². The van der Waals surface area contributed by atoms with Crippen molar-refractivity contribution in [2.45, 2.75) is 69.4 Å². The molecule has 0 unspecified atom stereocenters. The van der Waals surface area contributed by atoms with E-state index in [1.165, 1.54) is 6.42 Å². The molecule has 0 spiro atoms. The summed E-state index contributed by atoms with van der Waals surface area (Å²) in [4.78, 5) is 25.0. The summed E-state index contributed by atoms with van der Waals surface area (Å²) >= 11 is 6.20. The van der Waals surface area contributed by atoms with Crippen molar-refractivity contribution < 1.29 is 9.59 Å². The number of carbonyl (C=O) groups is 2. The average molecular weight is 400 g/mol. The molecule has 2 amide bonds. The van der Waals surface area contributed by atoms with Crippen LogP contribution < -0.4 is 16.4 Å². The predicted octanol–water partition coefficient (Wildman–Crippen LogP) is 4.03. The van der Waals surface area contributed by atoms with Gasteiger partial charge in [-0.3, -0.25) is 9.59 Å². The largest absolute Gasteiger partial charge is 0.349 e. The molecule has 7 heteroatoms. The fourth-order valence-corrected chi connectivity index (χ4v) is 3.98. The predicted molar refractivity (Wildman–Crippen MR) is 107 cm³/mol. The number of hydrogen-bond acceptors (Lipinski definition) is 3. The lowest BCUT2D eigenvalue weighted by molar-refractivity contribution is -0.121. The first-order valence-corrected chi connectivity index (χ1v) is 9.56. The Morgan fingerprint density at radius 2 is 1.73 bits per heavy atom. The minimum absolute atomic E-state index is 0. The summed E-state index contributed by atoms with van der Waals surface area (Å²) in [5.41, 5.74) is 6.33. The highest BCUT2D eigenvalue weighted by Crippen LogP contribution is 2.29. The summed E-state index contributed by atoms with van der Waals surface area (Å²) in [7, 11) is 0. The van der Waals surface area contributed by atoms with E-state index in [4.69, 9.17) is 17.3 Å². The number of nitrogens with two attached hydrogens (primary N) is 1. The van der Waals surface area contributed by atoms with Gasteiger partial charge < -0.3 is 16.4 Å². The molecule has 3 rings (SSSR count). The molecule has 0 aliphatic heterocycles. The van der Waals surface area contributed by atoms with Gasteiger partial charge >= 0.3 is 0 Å². The third-order valence-electron chi connectivity index (χ3n) is 5.36. The Morgan fingerprint density at radius 3 is 2.38 bits per heavy atom. The molecule has 26 heavy (non-hydrogen) atoms. The maximum Gasteiger partial charge on any atom is 0.253 e. The monoisotopic (exact) mass is 399 g/mol. The number of hydrogen-bond donors (Lipinski definition) is 3. The lowest BCUT2D eigenvalue weighted by Crippen LogP contribution is -2.48. The van der Waals surface area contributed by atoms with Gasteiger partial charge in [-0.1, -0.05) is 43.7 Å². The van der Waals surface area contributed by atoms with Crippen molar-refractivity contribution in [2.24, 2.45) is 5.73 Å². The van der Waals surface area contributed by atoms with E-state index in [0.717, 1.165) is 38.5 Å². The molecule has 0 bridgehead atoms. The minimum Gasteiger partial charge on any atom is -0.349 e. The van der Waals surface area contributed by atoms with Crippen molar-refractivity contribution in [1.82, 2.24) is 5.32 Å².